The Morgan fingerprint density at radius 2 is 0.508 bits per heavy atom. The third-order valence-electron chi connectivity index (χ3n) is 13.8. The average Bonchev–Trinajstić information content (AvgIpc) is 3.31. The Morgan fingerprint density at radius 1 is 0.292 bits per heavy atom. The predicted octanol–water partition coefficient (Wildman–Crippen LogP) is 20.6. The van der Waals surface area contributed by atoms with Gasteiger partial charge in [0.2, 0.25) is 0 Å². The van der Waals surface area contributed by atoms with Crippen LogP contribution in [0.3, 0.4) is 0 Å². The molecule has 0 aliphatic heterocycles. The number of hydroxylamine groups is 2. The molecule has 4 nitrogen and oxygen atoms in total. The van der Waals surface area contributed by atoms with Gasteiger partial charge in [-0.3, -0.25) is 4.90 Å². The average molecular weight is 914 g/mol. The second-order valence-corrected chi connectivity index (χ2v) is 20.6. The zero-order valence-corrected chi connectivity index (χ0v) is 45.3. The van der Waals surface area contributed by atoms with Crippen LogP contribution in [0.15, 0.2) is 24.3 Å². The fourth-order valence-electron chi connectivity index (χ4n) is 9.37. The molecule has 0 spiro atoms. The number of carbonyl (C=O) groups excluding carboxylic acids is 1. The number of carbonyl (C=O) groups is 1. The Bertz CT molecular complexity index is 948. The Morgan fingerprint density at radius 3 is 0.769 bits per heavy atom. The number of allylic oxidation sites excluding steroid dienone is 4. The van der Waals surface area contributed by atoms with Crippen molar-refractivity contribution in [3.8, 4) is 0 Å². The smallest absolute Gasteiger partial charge is 0.339 e. The van der Waals surface area contributed by atoms with Crippen molar-refractivity contribution < 1.29 is 9.63 Å². The van der Waals surface area contributed by atoms with E-state index in [1.54, 1.807) is 0 Å². The van der Waals surface area contributed by atoms with Gasteiger partial charge in [0.25, 0.3) is 0 Å². The zero-order valence-electron chi connectivity index (χ0n) is 45.3. The lowest BCUT2D eigenvalue weighted by Crippen LogP contribution is -2.37. The number of hydrogen-bond acceptors (Lipinski definition) is 4. The molecule has 0 aromatic rings. The van der Waals surface area contributed by atoms with Gasteiger partial charge in [-0.05, 0) is 90.1 Å². The van der Waals surface area contributed by atoms with Crippen LogP contribution in [0.5, 0.6) is 0 Å². The highest BCUT2D eigenvalue weighted by molar-refractivity contribution is 5.71. The van der Waals surface area contributed by atoms with E-state index in [1.807, 2.05) is 0 Å². The summed E-state index contributed by atoms with van der Waals surface area (Å²) in [4.78, 5) is 22.3. The van der Waals surface area contributed by atoms with Gasteiger partial charge in [-0.2, -0.15) is 0 Å². The van der Waals surface area contributed by atoms with Crippen molar-refractivity contribution >= 4 is 5.97 Å². The Labute approximate surface area is 410 Å². The van der Waals surface area contributed by atoms with Gasteiger partial charge in [0.05, 0.1) is 6.54 Å². The van der Waals surface area contributed by atoms with E-state index in [0.717, 1.165) is 39.0 Å². The van der Waals surface area contributed by atoms with Gasteiger partial charge in [-0.1, -0.05) is 277 Å². The van der Waals surface area contributed by atoms with Gasteiger partial charge < -0.3 is 4.84 Å². The standard InChI is InChI=1S/C61H120N2O2/c1-5-9-13-17-21-25-28-30-32-34-36-38-41-45-49-53-57-62(56-52-48-44-40-24-20-16-12-8-4)60-61(64)65-63(58-54-50-46-42-27-23-19-15-11-7-3)59-55-51-47-43-39-37-35-33-31-29-26-22-18-14-10-6-2/h30-33H,5-29,34-60H2,1-4H3/b32-30-,33-31-. The van der Waals surface area contributed by atoms with Crippen molar-refractivity contribution in [2.24, 2.45) is 0 Å². The molecule has 0 bridgehead atoms. The maximum absolute atomic E-state index is 13.6. The van der Waals surface area contributed by atoms with Gasteiger partial charge in [-0.15, -0.1) is 5.06 Å². The summed E-state index contributed by atoms with van der Waals surface area (Å²) in [5.74, 6) is -0.0258. The first-order chi connectivity index (χ1) is 32.2. The van der Waals surface area contributed by atoms with Gasteiger partial charge >= 0.3 is 5.97 Å². The van der Waals surface area contributed by atoms with Crippen LogP contribution in [-0.4, -0.2) is 48.7 Å². The highest BCUT2D eigenvalue weighted by Gasteiger charge is 2.16. The van der Waals surface area contributed by atoms with Crippen molar-refractivity contribution in [1.29, 1.82) is 0 Å². The van der Waals surface area contributed by atoms with Crippen LogP contribution in [0.25, 0.3) is 0 Å². The minimum Gasteiger partial charge on any atom is -0.367 e. The second kappa shape index (κ2) is 57.2. The topological polar surface area (TPSA) is 32.8 Å². The fraction of sp³-hybridized carbons (Fsp3) is 0.918. The molecule has 0 heterocycles. The maximum atomic E-state index is 13.6. The molecule has 0 aliphatic rings. The van der Waals surface area contributed by atoms with Crippen LogP contribution >= 0.6 is 0 Å². The highest BCUT2D eigenvalue weighted by Crippen LogP contribution is 2.16. The van der Waals surface area contributed by atoms with Crippen LogP contribution in [0.4, 0.5) is 0 Å². The lowest BCUT2D eigenvalue weighted by atomic mass is 10.1. The molecule has 0 atom stereocenters. The molecule has 0 fully saturated rings. The first-order valence-corrected chi connectivity index (χ1v) is 30.2. The molecule has 0 N–H and O–H groups in total. The molecule has 0 amide bonds. The van der Waals surface area contributed by atoms with Crippen LogP contribution < -0.4 is 0 Å². The Hall–Kier alpha value is -1.13. The molecule has 0 aromatic heterocycles. The van der Waals surface area contributed by atoms with Crippen LogP contribution in [0.1, 0.15) is 329 Å². The van der Waals surface area contributed by atoms with E-state index in [1.165, 1.54) is 289 Å². The molecule has 0 aliphatic carbocycles. The summed E-state index contributed by atoms with van der Waals surface area (Å²) in [7, 11) is 0. The van der Waals surface area contributed by atoms with Crippen LogP contribution in [0, 0.1) is 0 Å². The number of hydrogen-bond donors (Lipinski definition) is 0. The normalized spacial score (nSPS) is 12.0. The van der Waals surface area contributed by atoms with Crippen molar-refractivity contribution in [2.45, 2.75) is 329 Å². The van der Waals surface area contributed by atoms with E-state index in [4.69, 9.17) is 4.84 Å². The predicted molar refractivity (Wildman–Crippen MR) is 292 cm³/mol. The number of unbranched alkanes of at least 4 members (excludes halogenated alkanes) is 41. The van der Waals surface area contributed by atoms with Gasteiger partial charge in [0.15, 0.2) is 0 Å². The third-order valence-corrected chi connectivity index (χ3v) is 13.8. The summed E-state index contributed by atoms with van der Waals surface area (Å²) in [6.45, 7) is 13.5. The van der Waals surface area contributed by atoms with Gasteiger partial charge in [0, 0.05) is 13.1 Å². The van der Waals surface area contributed by atoms with Crippen molar-refractivity contribution in [2.75, 3.05) is 32.7 Å². The zero-order chi connectivity index (χ0) is 47.0. The monoisotopic (exact) mass is 913 g/mol. The summed E-state index contributed by atoms with van der Waals surface area (Å²) in [5, 5.41) is 2.07. The summed E-state index contributed by atoms with van der Waals surface area (Å²) < 4.78 is 0. The molecule has 386 valence electrons. The molecular formula is C61H120N2O2. The maximum Gasteiger partial charge on any atom is 0.339 e. The van der Waals surface area contributed by atoms with Gasteiger partial charge in [-0.25, -0.2) is 4.79 Å². The number of nitrogens with zero attached hydrogens (tertiary/aromatic N) is 2. The molecule has 4 heteroatoms. The van der Waals surface area contributed by atoms with Crippen molar-refractivity contribution in [3.05, 3.63) is 24.3 Å². The lowest BCUT2D eigenvalue weighted by molar-refractivity contribution is -0.192. The molecule has 0 unspecified atom stereocenters. The van der Waals surface area contributed by atoms with Crippen molar-refractivity contribution in [1.82, 2.24) is 9.96 Å². The molecule has 0 aromatic carbocycles. The summed E-state index contributed by atoms with van der Waals surface area (Å²) >= 11 is 0. The minimum absolute atomic E-state index is 0.0258. The fourth-order valence-corrected chi connectivity index (χ4v) is 9.37. The van der Waals surface area contributed by atoms with E-state index >= 15 is 0 Å². The summed E-state index contributed by atoms with van der Waals surface area (Å²) in [6.07, 6.45) is 72.3. The highest BCUT2D eigenvalue weighted by atomic mass is 16.7. The van der Waals surface area contributed by atoms with E-state index < -0.39 is 0 Å². The quantitative estimate of drug-likeness (QED) is 0.0346. The molecule has 65 heavy (non-hydrogen) atoms. The van der Waals surface area contributed by atoms with E-state index in [0.29, 0.717) is 6.54 Å². The first-order valence-electron chi connectivity index (χ1n) is 30.2. The molecule has 0 rings (SSSR count). The molecule has 0 saturated carbocycles. The van der Waals surface area contributed by atoms with E-state index in [-0.39, 0.29) is 5.97 Å². The SMILES string of the molecule is CCCCCCCC/C=C\CCCCCCCCN(CCCCCCCCCCC)CC(=O)ON(CCCCCCCC/C=C\CCCCCCCC)CCCCCCCCCCCC. The Kier molecular flexibility index (Phi) is 56.2. The Balaban J connectivity index is 4.81. The molecular weight excluding hydrogens is 793 g/mol. The van der Waals surface area contributed by atoms with Crippen LogP contribution in [-0.2, 0) is 9.63 Å². The molecule has 0 radical (unpaired) electrons. The van der Waals surface area contributed by atoms with E-state index in [9.17, 15) is 4.79 Å². The second-order valence-electron chi connectivity index (χ2n) is 20.6. The van der Waals surface area contributed by atoms with Crippen molar-refractivity contribution in [3.63, 3.8) is 0 Å². The molecule has 0 saturated heterocycles. The van der Waals surface area contributed by atoms with E-state index in [2.05, 4.69) is 62.0 Å². The van der Waals surface area contributed by atoms with Crippen LogP contribution in [0.2, 0.25) is 0 Å². The summed E-state index contributed by atoms with van der Waals surface area (Å²) in [6, 6.07) is 0. The van der Waals surface area contributed by atoms with Gasteiger partial charge in [0.1, 0.15) is 0 Å². The minimum atomic E-state index is -0.0258. The third kappa shape index (κ3) is 53.7. The largest absolute Gasteiger partial charge is 0.367 e. The lowest BCUT2D eigenvalue weighted by Gasteiger charge is -2.25. The summed E-state index contributed by atoms with van der Waals surface area (Å²) in [5.41, 5.74) is 0. The number of rotatable bonds is 56. The first kappa shape index (κ1) is 63.9.